The topological polar surface area (TPSA) is 135 Å². The summed E-state index contributed by atoms with van der Waals surface area (Å²) in [5.74, 6) is 0.429. The number of aromatic amines is 1. The predicted octanol–water partition coefficient (Wildman–Crippen LogP) is 4.23. The van der Waals surface area contributed by atoms with E-state index in [0.29, 0.717) is 40.3 Å². The third-order valence-electron chi connectivity index (χ3n) is 5.87. The number of carbonyl (C=O) groups excluding carboxylic acids is 1. The van der Waals surface area contributed by atoms with Crippen LogP contribution in [0.5, 0.6) is 0 Å². The lowest BCUT2D eigenvalue weighted by Gasteiger charge is -2.09. The average molecular weight is 562 g/mol. The molecule has 0 saturated heterocycles. The number of hydrogen-bond donors (Lipinski definition) is 3. The maximum absolute atomic E-state index is 12.6. The standard InChI is InChI=1S/C26H24BrN7O3/c1-14-18-13-15(27)6-11-19(18)37-24(14)23-21-22(26(36)31-30-25(21)28)32-34(23)17-9-7-16(8-10-17)29-20(35)5-4-12-33(2)3/h4-11,13H,12H2,1-3H3,(H2,28,30)(H,29,35)(H,31,36)/b5-4+. The van der Waals surface area contributed by atoms with Crippen molar-refractivity contribution >= 4 is 55.2 Å². The first-order chi connectivity index (χ1) is 17.7. The predicted molar refractivity (Wildman–Crippen MR) is 148 cm³/mol. The van der Waals surface area contributed by atoms with Crippen LogP contribution in [0.15, 0.2) is 68.3 Å². The molecule has 188 valence electrons. The molecule has 0 aliphatic heterocycles. The van der Waals surface area contributed by atoms with Gasteiger partial charge in [-0.3, -0.25) is 9.59 Å². The lowest BCUT2D eigenvalue weighted by atomic mass is 10.1. The van der Waals surface area contributed by atoms with Crippen LogP contribution in [0.3, 0.4) is 0 Å². The van der Waals surface area contributed by atoms with Gasteiger partial charge in [0.1, 0.15) is 11.3 Å². The largest absolute Gasteiger partial charge is 0.454 e. The zero-order valence-electron chi connectivity index (χ0n) is 20.4. The van der Waals surface area contributed by atoms with E-state index in [4.69, 9.17) is 10.2 Å². The highest BCUT2D eigenvalue weighted by atomic mass is 79.9. The third-order valence-corrected chi connectivity index (χ3v) is 6.36. The van der Waals surface area contributed by atoms with Crippen LogP contribution < -0.4 is 16.6 Å². The number of fused-ring (bicyclic) bond motifs is 2. The molecule has 37 heavy (non-hydrogen) atoms. The number of nitrogens with two attached hydrogens (primary N) is 1. The highest BCUT2D eigenvalue weighted by molar-refractivity contribution is 9.10. The zero-order valence-corrected chi connectivity index (χ0v) is 22.0. The normalized spacial score (nSPS) is 11.8. The van der Waals surface area contributed by atoms with E-state index in [-0.39, 0.29) is 17.2 Å². The van der Waals surface area contributed by atoms with Crippen molar-refractivity contribution in [3.05, 3.63) is 75.0 Å². The maximum atomic E-state index is 12.6. The molecule has 0 atom stereocenters. The van der Waals surface area contributed by atoms with Gasteiger partial charge in [-0.05, 0) is 63.5 Å². The van der Waals surface area contributed by atoms with Crippen molar-refractivity contribution in [2.45, 2.75) is 6.92 Å². The first-order valence-electron chi connectivity index (χ1n) is 11.4. The summed E-state index contributed by atoms with van der Waals surface area (Å²) in [5.41, 5.74) is 9.23. The van der Waals surface area contributed by atoms with E-state index in [1.165, 1.54) is 6.08 Å². The van der Waals surface area contributed by atoms with Gasteiger partial charge in [0.2, 0.25) is 5.91 Å². The van der Waals surface area contributed by atoms with Crippen LogP contribution in [-0.4, -0.2) is 51.4 Å². The number of nitrogens with zero attached hydrogens (tertiary/aromatic N) is 4. The molecule has 11 heteroatoms. The molecular formula is C26H24BrN7O3. The van der Waals surface area contributed by atoms with Gasteiger partial charge in [0.25, 0.3) is 5.56 Å². The molecular weight excluding hydrogens is 538 g/mol. The molecule has 5 aromatic rings. The molecule has 0 radical (unpaired) electrons. The van der Waals surface area contributed by atoms with Crippen molar-refractivity contribution in [2.24, 2.45) is 0 Å². The molecule has 0 fully saturated rings. The smallest absolute Gasteiger partial charge is 0.292 e. The number of halogens is 1. The van der Waals surface area contributed by atoms with Crippen molar-refractivity contribution in [2.75, 3.05) is 31.7 Å². The Labute approximate surface area is 219 Å². The van der Waals surface area contributed by atoms with Crippen molar-refractivity contribution in [1.82, 2.24) is 24.9 Å². The molecule has 0 spiro atoms. The van der Waals surface area contributed by atoms with Gasteiger partial charge in [0.05, 0.1) is 11.1 Å². The summed E-state index contributed by atoms with van der Waals surface area (Å²) in [5, 5.41) is 15.1. The second-order valence-electron chi connectivity index (χ2n) is 8.82. The summed E-state index contributed by atoms with van der Waals surface area (Å²) in [6.07, 6.45) is 3.28. The Kier molecular flexibility index (Phi) is 6.40. The number of nitrogens with one attached hydrogen (secondary N) is 2. The monoisotopic (exact) mass is 561 g/mol. The number of furan rings is 1. The maximum Gasteiger partial charge on any atom is 0.292 e. The van der Waals surface area contributed by atoms with Gasteiger partial charge >= 0.3 is 0 Å². The van der Waals surface area contributed by atoms with Crippen LogP contribution in [0, 0.1) is 6.92 Å². The number of likely N-dealkylation sites (N-methyl/N-ethyl adjacent to an activating group) is 1. The summed E-state index contributed by atoms with van der Waals surface area (Å²) in [4.78, 5) is 26.8. The lowest BCUT2D eigenvalue weighted by molar-refractivity contribution is -0.111. The van der Waals surface area contributed by atoms with E-state index >= 15 is 0 Å². The number of nitrogen functional groups attached to an aromatic ring is 1. The van der Waals surface area contributed by atoms with E-state index < -0.39 is 5.56 Å². The number of H-pyrrole nitrogens is 1. The van der Waals surface area contributed by atoms with Crippen LogP contribution in [0.2, 0.25) is 0 Å². The van der Waals surface area contributed by atoms with Gasteiger partial charge in [-0.1, -0.05) is 22.0 Å². The molecule has 4 N–H and O–H groups in total. The highest BCUT2D eigenvalue weighted by Gasteiger charge is 2.25. The number of aryl methyl sites for hydroxylation is 1. The van der Waals surface area contributed by atoms with Crippen LogP contribution >= 0.6 is 15.9 Å². The second-order valence-corrected chi connectivity index (χ2v) is 9.74. The average Bonchev–Trinajstić information content (AvgIpc) is 3.41. The lowest BCUT2D eigenvalue weighted by Crippen LogP contribution is -2.13. The van der Waals surface area contributed by atoms with Gasteiger partial charge < -0.3 is 20.4 Å². The summed E-state index contributed by atoms with van der Waals surface area (Å²) in [6.45, 7) is 2.60. The fraction of sp³-hybridized carbons (Fsp3) is 0.154. The Morgan fingerprint density at radius 3 is 2.73 bits per heavy atom. The number of hydrogen-bond acceptors (Lipinski definition) is 7. The molecule has 0 aliphatic carbocycles. The molecule has 0 aliphatic rings. The molecule has 5 rings (SSSR count). The molecule has 3 aromatic heterocycles. The Morgan fingerprint density at radius 2 is 2.00 bits per heavy atom. The van der Waals surface area contributed by atoms with Gasteiger partial charge in [-0.15, -0.1) is 0 Å². The summed E-state index contributed by atoms with van der Waals surface area (Å²) >= 11 is 3.51. The first-order valence-corrected chi connectivity index (χ1v) is 12.2. The Hall–Kier alpha value is -4.22. The number of carbonyl (C=O) groups is 1. The van der Waals surface area contributed by atoms with E-state index in [0.717, 1.165) is 15.4 Å². The van der Waals surface area contributed by atoms with Crippen molar-refractivity contribution in [3.63, 3.8) is 0 Å². The molecule has 10 nitrogen and oxygen atoms in total. The molecule has 1 amide bonds. The minimum atomic E-state index is -0.464. The van der Waals surface area contributed by atoms with Crippen molar-refractivity contribution < 1.29 is 9.21 Å². The van der Waals surface area contributed by atoms with E-state index in [1.807, 2.05) is 44.1 Å². The molecule has 3 heterocycles. The zero-order chi connectivity index (χ0) is 26.3. The van der Waals surface area contributed by atoms with Gasteiger partial charge in [-0.25, -0.2) is 9.78 Å². The molecule has 0 bridgehead atoms. The molecule has 0 unspecified atom stereocenters. The Balaban J connectivity index is 1.61. The van der Waals surface area contributed by atoms with Crippen molar-refractivity contribution in [3.8, 4) is 17.1 Å². The SMILES string of the molecule is Cc1c(-c2c3c(N)n[nH]c(=O)c3nn2-c2ccc(NC(=O)/C=C/CN(C)C)cc2)oc2ccc(Br)cc12. The van der Waals surface area contributed by atoms with E-state index in [9.17, 15) is 9.59 Å². The second kappa shape index (κ2) is 9.68. The number of benzene rings is 2. The summed E-state index contributed by atoms with van der Waals surface area (Å²) < 4.78 is 8.78. The Morgan fingerprint density at radius 1 is 1.24 bits per heavy atom. The Bertz CT molecular complexity index is 1730. The van der Waals surface area contributed by atoms with E-state index in [1.54, 1.807) is 35.0 Å². The third kappa shape index (κ3) is 4.66. The minimum Gasteiger partial charge on any atom is -0.454 e. The first kappa shape index (κ1) is 24.5. The molecule has 2 aromatic carbocycles. The fourth-order valence-corrected chi connectivity index (χ4v) is 4.46. The highest BCUT2D eigenvalue weighted by Crippen LogP contribution is 2.39. The number of aromatic nitrogens is 4. The summed E-state index contributed by atoms with van der Waals surface area (Å²) in [6, 6.07) is 12.8. The number of rotatable bonds is 6. The number of anilines is 2. The van der Waals surface area contributed by atoms with Crippen LogP contribution in [-0.2, 0) is 4.79 Å². The van der Waals surface area contributed by atoms with Gasteiger partial charge in [0.15, 0.2) is 17.1 Å². The van der Waals surface area contributed by atoms with Gasteiger partial charge in [-0.2, -0.15) is 10.2 Å². The summed E-state index contributed by atoms with van der Waals surface area (Å²) in [7, 11) is 3.86. The van der Waals surface area contributed by atoms with E-state index in [2.05, 4.69) is 36.5 Å². The van der Waals surface area contributed by atoms with Crippen LogP contribution in [0.4, 0.5) is 11.5 Å². The quantitative estimate of drug-likeness (QED) is 0.264. The number of amides is 1. The fourth-order valence-electron chi connectivity index (χ4n) is 4.10. The minimum absolute atomic E-state index is 0.130. The molecule has 0 saturated carbocycles. The van der Waals surface area contributed by atoms with Crippen LogP contribution in [0.1, 0.15) is 5.56 Å². The van der Waals surface area contributed by atoms with Crippen LogP contribution in [0.25, 0.3) is 39.0 Å². The van der Waals surface area contributed by atoms with Crippen molar-refractivity contribution in [1.29, 1.82) is 0 Å². The van der Waals surface area contributed by atoms with Gasteiger partial charge in [0, 0.05) is 33.7 Å².